The summed E-state index contributed by atoms with van der Waals surface area (Å²) in [5.74, 6) is 5.29. The highest BCUT2D eigenvalue weighted by Crippen LogP contribution is 2.19. The summed E-state index contributed by atoms with van der Waals surface area (Å²) in [6.45, 7) is 5.41. The normalized spacial score (nSPS) is 13.1. The molecule has 1 aromatic rings. The van der Waals surface area contributed by atoms with Crippen molar-refractivity contribution >= 4 is 11.6 Å². The molecule has 20 heavy (non-hydrogen) atoms. The van der Waals surface area contributed by atoms with E-state index in [0.29, 0.717) is 12.1 Å². The SMILES string of the molecule is CCC(C)(OC)C(=O)Nc1ccc(C#CCO)c(C)c1. The lowest BCUT2D eigenvalue weighted by Crippen LogP contribution is -2.41. The van der Waals surface area contributed by atoms with Gasteiger partial charge in [0.15, 0.2) is 0 Å². The smallest absolute Gasteiger partial charge is 0.256 e. The summed E-state index contributed by atoms with van der Waals surface area (Å²) in [7, 11) is 1.53. The number of ether oxygens (including phenoxy) is 1. The van der Waals surface area contributed by atoms with Gasteiger partial charge in [-0.15, -0.1) is 0 Å². The largest absolute Gasteiger partial charge is 0.384 e. The van der Waals surface area contributed by atoms with E-state index in [1.54, 1.807) is 13.0 Å². The first-order valence-electron chi connectivity index (χ1n) is 6.53. The van der Waals surface area contributed by atoms with Gasteiger partial charge in [0.1, 0.15) is 12.2 Å². The van der Waals surface area contributed by atoms with Crippen LogP contribution >= 0.6 is 0 Å². The number of aliphatic hydroxyl groups excluding tert-OH is 1. The molecule has 0 saturated carbocycles. The third-order valence-electron chi connectivity index (χ3n) is 3.39. The number of carbonyl (C=O) groups is 1. The summed E-state index contributed by atoms with van der Waals surface area (Å²) in [5.41, 5.74) is 1.66. The summed E-state index contributed by atoms with van der Waals surface area (Å²) >= 11 is 0. The Morgan fingerprint density at radius 2 is 2.20 bits per heavy atom. The molecule has 1 rings (SSSR count). The quantitative estimate of drug-likeness (QED) is 0.827. The number of amides is 1. The van der Waals surface area contributed by atoms with Gasteiger partial charge in [-0.3, -0.25) is 4.79 Å². The molecule has 4 heteroatoms. The third kappa shape index (κ3) is 3.83. The number of hydrogen-bond acceptors (Lipinski definition) is 3. The van der Waals surface area contributed by atoms with E-state index in [9.17, 15) is 4.79 Å². The molecule has 0 radical (unpaired) electrons. The number of methoxy groups -OCH3 is 1. The molecule has 1 atom stereocenters. The van der Waals surface area contributed by atoms with E-state index in [1.165, 1.54) is 7.11 Å². The van der Waals surface area contributed by atoms with E-state index in [2.05, 4.69) is 17.2 Å². The predicted molar refractivity (Wildman–Crippen MR) is 79.5 cm³/mol. The number of hydrogen-bond donors (Lipinski definition) is 2. The Bertz CT molecular complexity index is 536. The van der Waals surface area contributed by atoms with Gasteiger partial charge in [0, 0.05) is 18.4 Å². The van der Waals surface area contributed by atoms with Crippen LogP contribution in [0.25, 0.3) is 0 Å². The van der Waals surface area contributed by atoms with Crippen LogP contribution in [0.3, 0.4) is 0 Å². The summed E-state index contributed by atoms with van der Waals surface area (Å²) in [5, 5.41) is 11.5. The number of nitrogens with one attached hydrogen (secondary N) is 1. The van der Waals surface area contributed by atoms with Crippen molar-refractivity contribution in [2.75, 3.05) is 19.0 Å². The van der Waals surface area contributed by atoms with Crippen LogP contribution in [0.15, 0.2) is 18.2 Å². The van der Waals surface area contributed by atoms with Gasteiger partial charge in [-0.05, 0) is 44.0 Å². The molecule has 0 saturated heterocycles. The van der Waals surface area contributed by atoms with Crippen LogP contribution in [-0.2, 0) is 9.53 Å². The average molecular weight is 275 g/mol. The monoisotopic (exact) mass is 275 g/mol. The molecule has 0 aliphatic carbocycles. The zero-order chi connectivity index (χ0) is 15.2. The molecular formula is C16H21NO3. The van der Waals surface area contributed by atoms with Crippen molar-refractivity contribution < 1.29 is 14.6 Å². The topological polar surface area (TPSA) is 58.6 Å². The Morgan fingerprint density at radius 1 is 1.50 bits per heavy atom. The number of carbonyl (C=O) groups excluding carboxylic acids is 1. The highest BCUT2D eigenvalue weighted by molar-refractivity contribution is 5.97. The van der Waals surface area contributed by atoms with Crippen molar-refractivity contribution in [1.82, 2.24) is 0 Å². The summed E-state index contributed by atoms with van der Waals surface area (Å²) in [6, 6.07) is 5.47. The zero-order valence-corrected chi connectivity index (χ0v) is 12.4. The molecule has 0 bridgehead atoms. The van der Waals surface area contributed by atoms with Gasteiger partial charge < -0.3 is 15.2 Å². The molecule has 108 valence electrons. The van der Waals surface area contributed by atoms with Crippen LogP contribution in [-0.4, -0.2) is 30.3 Å². The molecule has 0 aliphatic heterocycles. The minimum Gasteiger partial charge on any atom is -0.384 e. The molecule has 0 fully saturated rings. The minimum absolute atomic E-state index is 0.166. The maximum Gasteiger partial charge on any atom is 0.256 e. The van der Waals surface area contributed by atoms with Crippen molar-refractivity contribution in [2.45, 2.75) is 32.8 Å². The fraction of sp³-hybridized carbons (Fsp3) is 0.438. The van der Waals surface area contributed by atoms with E-state index in [0.717, 1.165) is 11.1 Å². The fourth-order valence-electron chi connectivity index (χ4n) is 1.68. The second kappa shape index (κ2) is 7.09. The van der Waals surface area contributed by atoms with Crippen LogP contribution in [0.4, 0.5) is 5.69 Å². The van der Waals surface area contributed by atoms with E-state index in [-0.39, 0.29) is 12.5 Å². The van der Waals surface area contributed by atoms with Crippen LogP contribution in [0, 0.1) is 18.8 Å². The molecule has 1 unspecified atom stereocenters. The Balaban J connectivity index is 2.90. The molecule has 2 N–H and O–H groups in total. The average Bonchev–Trinajstić information content (AvgIpc) is 2.45. The molecule has 0 spiro atoms. The standard InChI is InChI=1S/C16H21NO3/c1-5-16(3,20-4)15(19)17-14-9-8-13(7-6-10-18)12(2)11-14/h8-9,11,18H,5,10H2,1-4H3,(H,17,19). The van der Waals surface area contributed by atoms with Crippen LogP contribution in [0.1, 0.15) is 31.4 Å². The number of rotatable bonds is 4. The zero-order valence-electron chi connectivity index (χ0n) is 12.4. The lowest BCUT2D eigenvalue weighted by atomic mass is 10.0. The van der Waals surface area contributed by atoms with Crippen molar-refractivity contribution in [3.8, 4) is 11.8 Å². The Kier molecular flexibility index (Phi) is 5.75. The summed E-state index contributed by atoms with van der Waals surface area (Å²) in [6.07, 6.45) is 0.592. The molecule has 0 heterocycles. The first-order chi connectivity index (χ1) is 9.46. The van der Waals surface area contributed by atoms with Gasteiger partial charge in [0.05, 0.1) is 0 Å². The molecule has 0 aromatic heterocycles. The maximum atomic E-state index is 12.2. The second-order valence-electron chi connectivity index (χ2n) is 4.73. The predicted octanol–water partition coefficient (Wildman–Crippen LogP) is 2.09. The van der Waals surface area contributed by atoms with Crippen molar-refractivity contribution in [3.63, 3.8) is 0 Å². The van der Waals surface area contributed by atoms with Gasteiger partial charge in [-0.25, -0.2) is 0 Å². The Labute approximate surface area is 120 Å². The number of anilines is 1. The van der Waals surface area contributed by atoms with Gasteiger partial charge in [0.25, 0.3) is 5.91 Å². The summed E-state index contributed by atoms with van der Waals surface area (Å²) in [4.78, 5) is 12.2. The van der Waals surface area contributed by atoms with Crippen molar-refractivity contribution in [2.24, 2.45) is 0 Å². The molecule has 0 aliphatic rings. The van der Waals surface area contributed by atoms with E-state index in [1.807, 2.05) is 26.0 Å². The lowest BCUT2D eigenvalue weighted by Gasteiger charge is -2.25. The fourth-order valence-corrected chi connectivity index (χ4v) is 1.68. The van der Waals surface area contributed by atoms with Crippen LogP contribution < -0.4 is 5.32 Å². The third-order valence-corrected chi connectivity index (χ3v) is 3.39. The second-order valence-corrected chi connectivity index (χ2v) is 4.73. The molecular weight excluding hydrogens is 254 g/mol. The van der Waals surface area contributed by atoms with Crippen LogP contribution in [0.2, 0.25) is 0 Å². The lowest BCUT2D eigenvalue weighted by molar-refractivity contribution is -0.136. The van der Waals surface area contributed by atoms with Gasteiger partial charge in [-0.1, -0.05) is 18.8 Å². The minimum atomic E-state index is -0.830. The Morgan fingerprint density at radius 3 is 2.70 bits per heavy atom. The van der Waals surface area contributed by atoms with E-state index < -0.39 is 5.60 Å². The van der Waals surface area contributed by atoms with Gasteiger partial charge >= 0.3 is 0 Å². The maximum absolute atomic E-state index is 12.2. The number of aryl methyl sites for hydroxylation is 1. The Hall–Kier alpha value is -1.83. The van der Waals surface area contributed by atoms with Gasteiger partial charge in [-0.2, -0.15) is 0 Å². The number of aliphatic hydroxyl groups is 1. The van der Waals surface area contributed by atoms with Gasteiger partial charge in [0.2, 0.25) is 0 Å². The number of benzene rings is 1. The van der Waals surface area contributed by atoms with Crippen molar-refractivity contribution in [1.29, 1.82) is 0 Å². The van der Waals surface area contributed by atoms with Crippen molar-refractivity contribution in [3.05, 3.63) is 29.3 Å². The van der Waals surface area contributed by atoms with Crippen LogP contribution in [0.5, 0.6) is 0 Å². The highest BCUT2D eigenvalue weighted by atomic mass is 16.5. The van der Waals surface area contributed by atoms with E-state index >= 15 is 0 Å². The molecule has 1 amide bonds. The summed E-state index contributed by atoms with van der Waals surface area (Å²) < 4.78 is 5.27. The molecule has 4 nitrogen and oxygen atoms in total. The molecule has 1 aromatic carbocycles. The first kappa shape index (κ1) is 16.2. The van der Waals surface area contributed by atoms with E-state index in [4.69, 9.17) is 9.84 Å². The highest BCUT2D eigenvalue weighted by Gasteiger charge is 2.30. The first-order valence-corrected chi connectivity index (χ1v) is 6.53.